The van der Waals surface area contributed by atoms with Gasteiger partial charge in [-0.3, -0.25) is 0 Å². The third-order valence-corrected chi connectivity index (χ3v) is 3.12. The summed E-state index contributed by atoms with van der Waals surface area (Å²) in [6, 6.07) is 4.30. The predicted octanol–water partition coefficient (Wildman–Crippen LogP) is 2.22. The first-order valence-electron chi connectivity index (χ1n) is 7.58. The first-order valence-corrected chi connectivity index (χ1v) is 7.58. The highest BCUT2D eigenvalue weighted by molar-refractivity contribution is 5.41. The smallest absolute Gasteiger partial charge is 0.128 e. The quantitative estimate of drug-likeness (QED) is 0.750. The molecule has 0 atom stereocenters. The van der Waals surface area contributed by atoms with Crippen molar-refractivity contribution in [2.75, 3.05) is 45.2 Å². The highest BCUT2D eigenvalue weighted by Gasteiger charge is 2.10. The Bertz CT molecular complexity index is 376. The second-order valence-corrected chi connectivity index (χ2v) is 5.95. The monoisotopic (exact) mass is 278 g/mol. The molecule has 0 saturated carbocycles. The van der Waals surface area contributed by atoms with Crippen LogP contribution in [0.2, 0.25) is 0 Å². The van der Waals surface area contributed by atoms with Gasteiger partial charge in [0.05, 0.1) is 0 Å². The molecule has 1 heterocycles. The maximum atomic E-state index is 4.56. The number of anilines is 1. The summed E-state index contributed by atoms with van der Waals surface area (Å²) in [6.45, 7) is 11.7. The van der Waals surface area contributed by atoms with Gasteiger partial charge in [-0.15, -0.1) is 0 Å². The van der Waals surface area contributed by atoms with Gasteiger partial charge < -0.3 is 15.1 Å². The van der Waals surface area contributed by atoms with Gasteiger partial charge in [0.15, 0.2) is 0 Å². The van der Waals surface area contributed by atoms with Crippen molar-refractivity contribution in [3.05, 3.63) is 23.9 Å². The molecule has 1 aromatic rings. The lowest BCUT2D eigenvalue weighted by atomic mass is 10.2. The molecule has 0 aliphatic carbocycles. The van der Waals surface area contributed by atoms with E-state index in [-0.39, 0.29) is 0 Å². The van der Waals surface area contributed by atoms with Crippen molar-refractivity contribution in [3.63, 3.8) is 0 Å². The molecule has 0 radical (unpaired) electrons. The number of nitrogens with one attached hydrogen (secondary N) is 1. The van der Waals surface area contributed by atoms with Gasteiger partial charge in [-0.1, -0.05) is 20.8 Å². The molecule has 0 fully saturated rings. The van der Waals surface area contributed by atoms with E-state index in [4.69, 9.17) is 0 Å². The van der Waals surface area contributed by atoms with Crippen molar-refractivity contribution < 1.29 is 0 Å². The van der Waals surface area contributed by atoms with Gasteiger partial charge in [0.25, 0.3) is 0 Å². The molecule has 114 valence electrons. The lowest BCUT2D eigenvalue weighted by Gasteiger charge is -2.27. The van der Waals surface area contributed by atoms with Crippen LogP contribution < -0.4 is 10.2 Å². The molecule has 1 N–H and O–H groups in total. The highest BCUT2D eigenvalue weighted by Crippen LogP contribution is 2.14. The van der Waals surface area contributed by atoms with Gasteiger partial charge in [-0.05, 0) is 44.3 Å². The van der Waals surface area contributed by atoms with Crippen LogP contribution in [0.3, 0.4) is 0 Å². The van der Waals surface area contributed by atoms with E-state index in [1.807, 2.05) is 6.20 Å². The van der Waals surface area contributed by atoms with Crippen LogP contribution in [0.15, 0.2) is 18.3 Å². The number of likely N-dealkylation sites (N-methyl/N-ethyl adjacent to an activating group) is 1. The zero-order valence-corrected chi connectivity index (χ0v) is 13.7. The zero-order valence-electron chi connectivity index (χ0n) is 13.7. The molecule has 0 saturated heterocycles. The van der Waals surface area contributed by atoms with Crippen LogP contribution in [0.25, 0.3) is 0 Å². The van der Waals surface area contributed by atoms with E-state index < -0.39 is 0 Å². The fourth-order valence-corrected chi connectivity index (χ4v) is 2.07. The standard InChI is InChI=1S/C16H30N4/c1-6-17-12-15-7-8-18-16(11-15)20(13-14(2)3)10-9-19(4)5/h7-8,11,14,17H,6,9-10,12-13H2,1-5H3. The number of hydrogen-bond acceptors (Lipinski definition) is 4. The van der Waals surface area contributed by atoms with Crippen LogP contribution in [0.5, 0.6) is 0 Å². The van der Waals surface area contributed by atoms with Crippen molar-refractivity contribution in [1.82, 2.24) is 15.2 Å². The Labute approximate surface area is 124 Å². The summed E-state index contributed by atoms with van der Waals surface area (Å²) in [6.07, 6.45) is 1.92. The first kappa shape index (κ1) is 16.9. The van der Waals surface area contributed by atoms with E-state index in [9.17, 15) is 0 Å². The van der Waals surface area contributed by atoms with Crippen LogP contribution in [0, 0.1) is 5.92 Å². The van der Waals surface area contributed by atoms with E-state index in [2.05, 4.69) is 67.1 Å². The third kappa shape index (κ3) is 6.35. The minimum absolute atomic E-state index is 0.636. The fourth-order valence-electron chi connectivity index (χ4n) is 2.07. The minimum Gasteiger partial charge on any atom is -0.355 e. The number of hydrogen-bond donors (Lipinski definition) is 1. The maximum absolute atomic E-state index is 4.56. The fraction of sp³-hybridized carbons (Fsp3) is 0.688. The molecular formula is C16H30N4. The Hall–Kier alpha value is -1.13. The summed E-state index contributed by atoms with van der Waals surface area (Å²) in [5, 5.41) is 3.37. The van der Waals surface area contributed by atoms with E-state index in [0.717, 1.165) is 38.5 Å². The normalized spacial score (nSPS) is 11.3. The Morgan fingerprint density at radius 1 is 1.25 bits per heavy atom. The number of rotatable bonds is 9. The van der Waals surface area contributed by atoms with Gasteiger partial charge in [0.1, 0.15) is 5.82 Å². The third-order valence-electron chi connectivity index (χ3n) is 3.12. The number of aromatic nitrogens is 1. The molecule has 4 heteroatoms. The van der Waals surface area contributed by atoms with Crippen LogP contribution in [-0.4, -0.2) is 50.2 Å². The lowest BCUT2D eigenvalue weighted by molar-refractivity contribution is 0.408. The molecule has 0 aromatic carbocycles. The average Bonchev–Trinajstić information content (AvgIpc) is 2.41. The van der Waals surface area contributed by atoms with Crippen molar-refractivity contribution in [3.8, 4) is 0 Å². The second-order valence-electron chi connectivity index (χ2n) is 5.95. The molecule has 0 aliphatic rings. The Morgan fingerprint density at radius 2 is 2.00 bits per heavy atom. The Balaban J connectivity index is 2.77. The second kappa shape index (κ2) is 8.93. The number of nitrogens with zero attached hydrogens (tertiary/aromatic N) is 3. The summed E-state index contributed by atoms with van der Waals surface area (Å²) in [5.74, 6) is 1.73. The summed E-state index contributed by atoms with van der Waals surface area (Å²) >= 11 is 0. The van der Waals surface area contributed by atoms with Gasteiger partial charge in [-0.25, -0.2) is 4.98 Å². The SMILES string of the molecule is CCNCc1ccnc(N(CCN(C)C)CC(C)C)c1. The topological polar surface area (TPSA) is 31.4 Å². The number of pyridine rings is 1. The van der Waals surface area contributed by atoms with E-state index in [0.29, 0.717) is 5.92 Å². The van der Waals surface area contributed by atoms with Gasteiger partial charge in [0, 0.05) is 32.4 Å². The lowest BCUT2D eigenvalue weighted by Crippen LogP contribution is -2.35. The van der Waals surface area contributed by atoms with Crippen LogP contribution >= 0.6 is 0 Å². The van der Waals surface area contributed by atoms with Crippen molar-refractivity contribution in [1.29, 1.82) is 0 Å². The van der Waals surface area contributed by atoms with E-state index in [1.54, 1.807) is 0 Å². The van der Waals surface area contributed by atoms with E-state index >= 15 is 0 Å². The van der Waals surface area contributed by atoms with Crippen molar-refractivity contribution in [2.45, 2.75) is 27.3 Å². The first-order chi connectivity index (χ1) is 9.52. The van der Waals surface area contributed by atoms with Crippen LogP contribution in [-0.2, 0) is 6.54 Å². The molecule has 0 unspecified atom stereocenters. The predicted molar refractivity (Wildman–Crippen MR) is 87.2 cm³/mol. The molecule has 0 spiro atoms. The summed E-state index contributed by atoms with van der Waals surface area (Å²) < 4.78 is 0. The van der Waals surface area contributed by atoms with Crippen molar-refractivity contribution >= 4 is 5.82 Å². The summed E-state index contributed by atoms with van der Waals surface area (Å²) in [7, 11) is 4.23. The van der Waals surface area contributed by atoms with Gasteiger partial charge >= 0.3 is 0 Å². The van der Waals surface area contributed by atoms with E-state index in [1.165, 1.54) is 5.56 Å². The minimum atomic E-state index is 0.636. The molecule has 20 heavy (non-hydrogen) atoms. The largest absolute Gasteiger partial charge is 0.355 e. The molecule has 1 rings (SSSR count). The van der Waals surface area contributed by atoms with Gasteiger partial charge in [-0.2, -0.15) is 0 Å². The summed E-state index contributed by atoms with van der Waals surface area (Å²) in [5.41, 5.74) is 1.30. The molecule has 0 amide bonds. The van der Waals surface area contributed by atoms with Crippen molar-refractivity contribution in [2.24, 2.45) is 5.92 Å². The average molecular weight is 278 g/mol. The molecule has 0 aliphatic heterocycles. The van der Waals surface area contributed by atoms with Crippen LogP contribution in [0.4, 0.5) is 5.82 Å². The molecule has 0 bridgehead atoms. The molecule has 1 aromatic heterocycles. The Kier molecular flexibility index (Phi) is 7.55. The zero-order chi connectivity index (χ0) is 15.0. The Morgan fingerprint density at radius 3 is 2.60 bits per heavy atom. The highest BCUT2D eigenvalue weighted by atomic mass is 15.2. The van der Waals surface area contributed by atoms with Gasteiger partial charge in [0.2, 0.25) is 0 Å². The molecular weight excluding hydrogens is 248 g/mol. The summed E-state index contributed by atoms with van der Waals surface area (Å²) in [4.78, 5) is 9.17. The van der Waals surface area contributed by atoms with Crippen LogP contribution in [0.1, 0.15) is 26.3 Å². The molecule has 4 nitrogen and oxygen atoms in total. The maximum Gasteiger partial charge on any atom is 0.128 e.